The molecule has 20 heavy (non-hydrogen) atoms. The highest BCUT2D eigenvalue weighted by Gasteiger charge is 2.32. The number of halogens is 6. The predicted molar refractivity (Wildman–Crippen MR) is 74.1 cm³/mol. The van der Waals surface area contributed by atoms with Crippen LogP contribution < -0.4 is 5.73 Å². The lowest BCUT2D eigenvalue weighted by Gasteiger charge is -2.12. The van der Waals surface area contributed by atoms with Gasteiger partial charge in [-0.3, -0.25) is 0 Å². The molecule has 0 amide bonds. The van der Waals surface area contributed by atoms with Crippen molar-refractivity contribution in [1.29, 1.82) is 0 Å². The van der Waals surface area contributed by atoms with Gasteiger partial charge in [0.2, 0.25) is 0 Å². The molecule has 0 unspecified atom stereocenters. The largest absolute Gasteiger partial charge is 0.417 e. The van der Waals surface area contributed by atoms with Gasteiger partial charge in [0.25, 0.3) is 0 Å². The van der Waals surface area contributed by atoms with Crippen molar-refractivity contribution in [3.05, 3.63) is 45.0 Å². The van der Waals surface area contributed by atoms with E-state index in [1.807, 2.05) is 0 Å². The molecule has 0 saturated heterocycles. The first kappa shape index (κ1) is 15.2. The van der Waals surface area contributed by atoms with Gasteiger partial charge in [-0.15, -0.1) is 0 Å². The SMILES string of the molecule is Nc1ncc(C(F)(F)F)cc1-c1cc(Cl)c(Cl)cc1Cl. The van der Waals surface area contributed by atoms with E-state index >= 15 is 0 Å². The number of pyridine rings is 1. The quantitative estimate of drug-likeness (QED) is 0.714. The normalized spacial score (nSPS) is 11.7. The fourth-order valence-corrected chi connectivity index (χ4v) is 2.22. The van der Waals surface area contributed by atoms with E-state index in [1.165, 1.54) is 12.1 Å². The average Bonchev–Trinajstić information content (AvgIpc) is 2.33. The number of anilines is 1. The molecule has 0 bridgehead atoms. The molecule has 0 aliphatic rings. The van der Waals surface area contributed by atoms with Crippen LogP contribution in [0, 0.1) is 0 Å². The maximum absolute atomic E-state index is 12.7. The number of hydrogen-bond acceptors (Lipinski definition) is 2. The summed E-state index contributed by atoms with van der Waals surface area (Å²) in [6.45, 7) is 0. The zero-order valence-electron chi connectivity index (χ0n) is 9.60. The van der Waals surface area contributed by atoms with Crippen molar-refractivity contribution in [2.45, 2.75) is 6.18 Å². The van der Waals surface area contributed by atoms with Crippen molar-refractivity contribution in [2.75, 3.05) is 5.73 Å². The molecule has 106 valence electrons. The van der Waals surface area contributed by atoms with E-state index in [0.29, 0.717) is 6.20 Å². The highest BCUT2D eigenvalue weighted by atomic mass is 35.5. The average molecular weight is 342 g/mol. The molecule has 2 aromatic rings. The van der Waals surface area contributed by atoms with E-state index in [-0.39, 0.29) is 32.0 Å². The molecule has 0 radical (unpaired) electrons. The van der Waals surface area contributed by atoms with Gasteiger partial charge < -0.3 is 5.73 Å². The molecule has 2 nitrogen and oxygen atoms in total. The molecule has 0 saturated carbocycles. The van der Waals surface area contributed by atoms with Crippen molar-refractivity contribution >= 4 is 40.6 Å². The summed E-state index contributed by atoms with van der Waals surface area (Å²) < 4.78 is 38.1. The summed E-state index contributed by atoms with van der Waals surface area (Å²) in [5.41, 5.74) is 4.96. The second-order valence-electron chi connectivity index (χ2n) is 3.90. The van der Waals surface area contributed by atoms with Crippen molar-refractivity contribution in [1.82, 2.24) is 4.98 Å². The minimum atomic E-state index is -4.53. The third kappa shape index (κ3) is 2.95. The van der Waals surface area contributed by atoms with E-state index in [2.05, 4.69) is 4.98 Å². The van der Waals surface area contributed by atoms with Gasteiger partial charge in [-0.25, -0.2) is 4.98 Å². The van der Waals surface area contributed by atoms with Crippen LogP contribution in [0.2, 0.25) is 15.1 Å². The third-order valence-corrected chi connectivity index (χ3v) is 3.58. The maximum atomic E-state index is 12.7. The Morgan fingerprint density at radius 3 is 2.10 bits per heavy atom. The van der Waals surface area contributed by atoms with Crippen LogP contribution in [0.3, 0.4) is 0 Å². The molecule has 0 fully saturated rings. The lowest BCUT2D eigenvalue weighted by molar-refractivity contribution is -0.137. The first-order valence-corrected chi connectivity index (χ1v) is 6.31. The number of alkyl halides is 3. The van der Waals surface area contributed by atoms with Gasteiger partial charge in [0.05, 0.1) is 20.6 Å². The summed E-state index contributed by atoms with van der Waals surface area (Å²) in [6.07, 6.45) is -3.87. The lowest BCUT2D eigenvalue weighted by Crippen LogP contribution is -2.07. The van der Waals surface area contributed by atoms with Crippen LogP contribution in [0.1, 0.15) is 5.56 Å². The Morgan fingerprint density at radius 2 is 1.50 bits per heavy atom. The molecule has 1 aromatic carbocycles. The van der Waals surface area contributed by atoms with Gasteiger partial charge in [0.1, 0.15) is 5.82 Å². The van der Waals surface area contributed by atoms with Crippen LogP contribution in [0.15, 0.2) is 24.4 Å². The Morgan fingerprint density at radius 1 is 0.900 bits per heavy atom. The second kappa shape index (κ2) is 5.31. The summed E-state index contributed by atoms with van der Waals surface area (Å²) in [5, 5.41) is 0.481. The van der Waals surface area contributed by atoms with Crippen molar-refractivity contribution in [3.63, 3.8) is 0 Å². The molecule has 0 atom stereocenters. The van der Waals surface area contributed by atoms with E-state index in [4.69, 9.17) is 40.5 Å². The Bertz CT molecular complexity index is 672. The molecule has 0 aliphatic carbocycles. The fourth-order valence-electron chi connectivity index (χ4n) is 1.58. The van der Waals surface area contributed by atoms with Gasteiger partial charge in [0, 0.05) is 17.3 Å². The van der Waals surface area contributed by atoms with Gasteiger partial charge in [-0.2, -0.15) is 13.2 Å². The highest BCUT2D eigenvalue weighted by Crippen LogP contribution is 2.39. The zero-order chi connectivity index (χ0) is 15.1. The van der Waals surface area contributed by atoms with Crippen molar-refractivity contribution < 1.29 is 13.2 Å². The van der Waals surface area contributed by atoms with Crippen LogP contribution >= 0.6 is 34.8 Å². The summed E-state index contributed by atoms with van der Waals surface area (Å²) in [7, 11) is 0. The first-order chi connectivity index (χ1) is 9.20. The number of hydrogen-bond donors (Lipinski definition) is 1. The monoisotopic (exact) mass is 340 g/mol. The number of nitrogens with zero attached hydrogens (tertiary/aromatic N) is 1. The van der Waals surface area contributed by atoms with Crippen LogP contribution in [0.4, 0.5) is 19.0 Å². The summed E-state index contributed by atoms with van der Waals surface area (Å²) in [6, 6.07) is 3.55. The molecule has 1 aromatic heterocycles. The van der Waals surface area contributed by atoms with Crippen LogP contribution in [0.25, 0.3) is 11.1 Å². The zero-order valence-corrected chi connectivity index (χ0v) is 11.9. The Hall–Kier alpha value is -1.17. The Balaban J connectivity index is 2.66. The topological polar surface area (TPSA) is 38.9 Å². The number of nitrogen functional groups attached to an aromatic ring is 1. The number of aromatic nitrogens is 1. The minimum Gasteiger partial charge on any atom is -0.383 e. The summed E-state index contributed by atoms with van der Waals surface area (Å²) >= 11 is 17.6. The van der Waals surface area contributed by atoms with Gasteiger partial charge in [0.15, 0.2) is 0 Å². The third-order valence-electron chi connectivity index (χ3n) is 2.55. The molecule has 8 heteroatoms. The number of nitrogens with two attached hydrogens (primary N) is 1. The van der Waals surface area contributed by atoms with E-state index in [1.54, 1.807) is 0 Å². The van der Waals surface area contributed by atoms with E-state index < -0.39 is 11.7 Å². The molecule has 0 aliphatic heterocycles. The van der Waals surface area contributed by atoms with Crippen LogP contribution in [-0.4, -0.2) is 4.98 Å². The van der Waals surface area contributed by atoms with Gasteiger partial charge in [-0.05, 0) is 18.2 Å². The maximum Gasteiger partial charge on any atom is 0.417 e. The molecular formula is C12H6Cl3F3N2. The fraction of sp³-hybridized carbons (Fsp3) is 0.0833. The lowest BCUT2D eigenvalue weighted by atomic mass is 10.0. The summed E-state index contributed by atoms with van der Waals surface area (Å²) in [4.78, 5) is 3.54. The van der Waals surface area contributed by atoms with Crippen molar-refractivity contribution in [2.24, 2.45) is 0 Å². The Kier molecular flexibility index (Phi) is 4.04. The minimum absolute atomic E-state index is 0.0448. The van der Waals surface area contributed by atoms with E-state index in [9.17, 15) is 13.2 Å². The van der Waals surface area contributed by atoms with E-state index in [0.717, 1.165) is 6.07 Å². The van der Waals surface area contributed by atoms with Crippen molar-refractivity contribution in [3.8, 4) is 11.1 Å². The number of rotatable bonds is 1. The first-order valence-electron chi connectivity index (χ1n) is 5.18. The highest BCUT2D eigenvalue weighted by molar-refractivity contribution is 6.44. The molecule has 2 N–H and O–H groups in total. The van der Waals surface area contributed by atoms with Gasteiger partial charge in [-0.1, -0.05) is 34.8 Å². The Labute approximate surface area is 127 Å². The number of benzene rings is 1. The molecule has 1 heterocycles. The van der Waals surface area contributed by atoms with Gasteiger partial charge >= 0.3 is 6.18 Å². The summed E-state index contributed by atoms with van der Waals surface area (Å²) in [5.74, 6) is -0.0849. The second-order valence-corrected chi connectivity index (χ2v) is 5.12. The standard InChI is InChI=1S/C12H6Cl3F3N2/c13-8-3-10(15)9(14)2-6(8)7-1-5(12(16,17)18)4-20-11(7)19/h1-4H,(H2,19,20). The molecular weight excluding hydrogens is 335 g/mol. The van der Waals surface area contributed by atoms with Crippen LogP contribution in [0.5, 0.6) is 0 Å². The van der Waals surface area contributed by atoms with Crippen LogP contribution in [-0.2, 0) is 6.18 Å². The molecule has 2 rings (SSSR count). The smallest absolute Gasteiger partial charge is 0.383 e. The predicted octanol–water partition coefficient (Wildman–Crippen LogP) is 5.31. The molecule has 0 spiro atoms.